The Hall–Kier alpha value is -4.36. The van der Waals surface area contributed by atoms with Crippen molar-refractivity contribution in [1.29, 1.82) is 0 Å². The van der Waals surface area contributed by atoms with Gasteiger partial charge in [0.1, 0.15) is 0 Å². The number of H-pyrrole nitrogens is 1. The summed E-state index contributed by atoms with van der Waals surface area (Å²) in [7, 11) is 1.98. The molecule has 3 aromatic carbocycles. The van der Waals surface area contributed by atoms with Crippen molar-refractivity contribution in [3.05, 3.63) is 107 Å². The summed E-state index contributed by atoms with van der Waals surface area (Å²) in [5.41, 5.74) is 7.70. The van der Waals surface area contributed by atoms with Gasteiger partial charge in [-0.15, -0.1) is 22.6 Å². The first-order valence-electron chi connectivity index (χ1n) is 11.8. The summed E-state index contributed by atoms with van der Waals surface area (Å²) in [6.07, 6.45) is 0.785. The Morgan fingerprint density at radius 3 is 2.24 bits per heavy atom. The van der Waals surface area contributed by atoms with Gasteiger partial charge in [0.2, 0.25) is 5.82 Å². The van der Waals surface area contributed by atoms with E-state index in [0.29, 0.717) is 17.0 Å². The number of ketones is 1. The van der Waals surface area contributed by atoms with Crippen LogP contribution in [0.25, 0.3) is 22.5 Å². The molecule has 0 saturated heterocycles. The van der Waals surface area contributed by atoms with Crippen LogP contribution < -0.4 is 4.90 Å². The standard InChI is InChI=1S/C29H26N6O.ClH/c1-4-22-18-26(27(19(2)30-22)28(36)21-10-6-5-7-11-21)35(3)23-16-14-20(15-17-23)24-12-8-9-13-25(24)29-31-33-34-32-29;/h5-18H,4H2,1-3H3,(H,31,32,33,34);1H. The van der Waals surface area contributed by atoms with Crippen LogP contribution in [-0.2, 0) is 6.42 Å². The van der Waals surface area contributed by atoms with Crippen LogP contribution in [0.4, 0.5) is 11.4 Å². The monoisotopic (exact) mass is 510 g/mol. The zero-order valence-corrected chi connectivity index (χ0v) is 21.7. The fraction of sp³-hybridized carbons (Fsp3) is 0.138. The molecule has 0 spiro atoms. The van der Waals surface area contributed by atoms with Gasteiger partial charge in [0.05, 0.1) is 16.9 Å². The SMILES string of the molecule is CCc1cc(N(C)c2ccc(-c3ccccc3-c3nn[nH]n3)cc2)c(C(=O)c2ccccc2)c(C)n1.Cl. The minimum Gasteiger partial charge on any atom is -0.344 e. The molecule has 8 heteroatoms. The third-order valence-electron chi connectivity index (χ3n) is 6.30. The fourth-order valence-corrected chi connectivity index (χ4v) is 4.39. The Morgan fingerprint density at radius 2 is 1.59 bits per heavy atom. The number of nitrogens with one attached hydrogen (secondary N) is 1. The second-order valence-corrected chi connectivity index (χ2v) is 8.53. The average molecular weight is 511 g/mol. The Balaban J connectivity index is 0.00000320. The summed E-state index contributed by atoms with van der Waals surface area (Å²) >= 11 is 0. The zero-order chi connectivity index (χ0) is 25.1. The number of halogens is 1. The van der Waals surface area contributed by atoms with Gasteiger partial charge in [0, 0.05) is 29.6 Å². The third-order valence-corrected chi connectivity index (χ3v) is 6.30. The lowest BCUT2D eigenvalue weighted by Crippen LogP contribution is -2.17. The van der Waals surface area contributed by atoms with Crippen molar-refractivity contribution in [3.63, 3.8) is 0 Å². The van der Waals surface area contributed by atoms with Gasteiger partial charge in [-0.1, -0.05) is 73.7 Å². The molecule has 2 heterocycles. The van der Waals surface area contributed by atoms with Crippen molar-refractivity contribution in [3.8, 4) is 22.5 Å². The maximum Gasteiger partial charge on any atom is 0.205 e. The van der Waals surface area contributed by atoms with Crippen molar-refractivity contribution in [2.24, 2.45) is 0 Å². The highest BCUT2D eigenvalue weighted by atomic mass is 35.5. The minimum absolute atomic E-state index is 0. The van der Waals surface area contributed by atoms with E-state index in [4.69, 9.17) is 4.98 Å². The highest BCUT2D eigenvalue weighted by Crippen LogP contribution is 2.34. The molecule has 0 aliphatic heterocycles. The van der Waals surface area contributed by atoms with Crippen LogP contribution >= 0.6 is 12.4 Å². The van der Waals surface area contributed by atoms with Gasteiger partial charge in [-0.25, -0.2) is 0 Å². The molecule has 0 aliphatic rings. The summed E-state index contributed by atoms with van der Waals surface area (Å²) in [6.45, 7) is 3.98. The van der Waals surface area contributed by atoms with Crippen LogP contribution in [0.15, 0.2) is 84.9 Å². The van der Waals surface area contributed by atoms with Crippen LogP contribution in [0.1, 0.15) is 34.2 Å². The quantitative estimate of drug-likeness (QED) is 0.261. The second kappa shape index (κ2) is 11.1. The molecular weight excluding hydrogens is 484 g/mol. The predicted molar refractivity (Wildman–Crippen MR) is 149 cm³/mol. The van der Waals surface area contributed by atoms with Gasteiger partial charge in [0.15, 0.2) is 5.78 Å². The van der Waals surface area contributed by atoms with E-state index in [1.165, 1.54) is 0 Å². The maximum atomic E-state index is 13.5. The number of anilines is 2. The summed E-state index contributed by atoms with van der Waals surface area (Å²) in [5.74, 6) is 0.519. The molecule has 0 atom stereocenters. The number of tetrazole rings is 1. The molecule has 0 unspecified atom stereocenters. The van der Waals surface area contributed by atoms with E-state index in [0.717, 1.165) is 45.9 Å². The Labute approximate surface area is 222 Å². The third kappa shape index (κ3) is 5.13. The van der Waals surface area contributed by atoms with Crippen molar-refractivity contribution in [2.75, 3.05) is 11.9 Å². The molecule has 0 amide bonds. The van der Waals surface area contributed by atoms with E-state index in [1.54, 1.807) is 0 Å². The van der Waals surface area contributed by atoms with Crippen molar-refractivity contribution in [2.45, 2.75) is 20.3 Å². The van der Waals surface area contributed by atoms with Crippen LogP contribution in [-0.4, -0.2) is 38.4 Å². The Kier molecular flexibility index (Phi) is 7.74. The molecule has 7 nitrogen and oxygen atoms in total. The van der Waals surface area contributed by atoms with E-state index in [1.807, 2.05) is 74.6 Å². The molecule has 5 rings (SSSR count). The highest BCUT2D eigenvalue weighted by molar-refractivity contribution is 6.13. The number of carbonyl (C=O) groups excluding carboxylic acids is 1. The van der Waals surface area contributed by atoms with Gasteiger partial charge in [0.25, 0.3) is 0 Å². The van der Waals surface area contributed by atoms with Gasteiger partial charge in [-0.3, -0.25) is 9.78 Å². The smallest absolute Gasteiger partial charge is 0.205 e. The first-order chi connectivity index (χ1) is 17.6. The lowest BCUT2D eigenvalue weighted by atomic mass is 9.97. The van der Waals surface area contributed by atoms with Crippen LogP contribution in [0.3, 0.4) is 0 Å². The van der Waals surface area contributed by atoms with E-state index in [9.17, 15) is 4.79 Å². The fourth-order valence-electron chi connectivity index (χ4n) is 4.39. The summed E-state index contributed by atoms with van der Waals surface area (Å²) < 4.78 is 0. The summed E-state index contributed by atoms with van der Waals surface area (Å²) in [4.78, 5) is 20.3. The number of aryl methyl sites for hydroxylation is 2. The van der Waals surface area contributed by atoms with E-state index < -0.39 is 0 Å². The molecule has 0 bridgehead atoms. The van der Waals surface area contributed by atoms with Gasteiger partial charge < -0.3 is 4.90 Å². The van der Waals surface area contributed by atoms with Gasteiger partial charge >= 0.3 is 0 Å². The number of carbonyl (C=O) groups is 1. The number of aromatic nitrogens is 5. The van der Waals surface area contributed by atoms with E-state index in [-0.39, 0.29) is 18.2 Å². The molecule has 5 aromatic rings. The molecule has 2 aromatic heterocycles. The second-order valence-electron chi connectivity index (χ2n) is 8.53. The van der Waals surface area contributed by atoms with E-state index in [2.05, 4.69) is 56.7 Å². The molecule has 37 heavy (non-hydrogen) atoms. The first-order valence-corrected chi connectivity index (χ1v) is 11.8. The largest absolute Gasteiger partial charge is 0.344 e. The minimum atomic E-state index is -0.0317. The van der Waals surface area contributed by atoms with Gasteiger partial charge in [-0.05, 0) is 47.9 Å². The van der Waals surface area contributed by atoms with Gasteiger partial charge in [-0.2, -0.15) is 5.21 Å². The number of nitrogens with zero attached hydrogens (tertiary/aromatic N) is 5. The van der Waals surface area contributed by atoms with E-state index >= 15 is 0 Å². The van der Waals surface area contributed by atoms with Crippen molar-refractivity contribution < 1.29 is 4.79 Å². The number of aromatic amines is 1. The Bertz CT molecular complexity index is 1500. The topological polar surface area (TPSA) is 87.7 Å². The number of pyridine rings is 1. The number of hydrogen-bond donors (Lipinski definition) is 1. The number of hydrogen-bond acceptors (Lipinski definition) is 6. The number of rotatable bonds is 7. The Morgan fingerprint density at radius 1 is 0.919 bits per heavy atom. The normalized spacial score (nSPS) is 10.6. The maximum absolute atomic E-state index is 13.5. The molecule has 1 N–H and O–H groups in total. The first kappa shape index (κ1) is 25.7. The lowest BCUT2D eigenvalue weighted by Gasteiger charge is -2.24. The van der Waals surface area contributed by atoms with Crippen LogP contribution in [0.2, 0.25) is 0 Å². The molecule has 186 valence electrons. The highest BCUT2D eigenvalue weighted by Gasteiger charge is 2.22. The summed E-state index contributed by atoms with van der Waals surface area (Å²) in [5, 5.41) is 14.5. The van der Waals surface area contributed by atoms with Crippen LogP contribution in [0.5, 0.6) is 0 Å². The molecule has 0 aliphatic carbocycles. The molecule has 0 fully saturated rings. The predicted octanol–water partition coefficient (Wildman–Crippen LogP) is 6.22. The average Bonchev–Trinajstić information content (AvgIpc) is 3.47. The molecular formula is C29H27ClN6O. The van der Waals surface area contributed by atoms with Crippen molar-refractivity contribution in [1.82, 2.24) is 25.6 Å². The summed E-state index contributed by atoms with van der Waals surface area (Å²) in [6, 6.07) is 27.6. The molecule has 0 radical (unpaired) electrons. The zero-order valence-electron chi connectivity index (χ0n) is 20.8. The number of benzene rings is 3. The van der Waals surface area contributed by atoms with Crippen LogP contribution in [0, 0.1) is 6.92 Å². The lowest BCUT2D eigenvalue weighted by molar-refractivity contribution is 0.103. The van der Waals surface area contributed by atoms with Crippen molar-refractivity contribution >= 4 is 29.6 Å². The molecule has 0 saturated carbocycles.